The van der Waals surface area contributed by atoms with E-state index in [1.807, 2.05) is 0 Å². The molecule has 0 heterocycles. The third kappa shape index (κ3) is 3.56. The summed E-state index contributed by atoms with van der Waals surface area (Å²) < 4.78 is 36.9. The molecule has 1 aromatic rings. The van der Waals surface area contributed by atoms with Gasteiger partial charge in [0.05, 0.1) is 0 Å². The summed E-state index contributed by atoms with van der Waals surface area (Å²) >= 11 is 0. The van der Waals surface area contributed by atoms with Gasteiger partial charge in [0.25, 0.3) is 0 Å². The second kappa shape index (κ2) is 5.01. The number of hydrogen-bond donors (Lipinski definition) is 1. The predicted octanol–water partition coefficient (Wildman–Crippen LogP) is 2.88. The molecule has 1 rings (SSSR count). The fraction of sp³-hybridized carbons (Fsp3) is 0.364. The Labute approximate surface area is 90.7 Å². The molecule has 0 radical (unpaired) electrons. The number of alkyl halides is 3. The molecule has 16 heavy (non-hydrogen) atoms. The molecule has 5 heteroatoms. The lowest BCUT2D eigenvalue weighted by Gasteiger charge is -2.15. The van der Waals surface area contributed by atoms with Crippen LogP contribution in [0, 0.1) is 5.92 Å². The summed E-state index contributed by atoms with van der Waals surface area (Å²) in [6.07, 6.45) is -5.00. The van der Waals surface area contributed by atoms with Crippen LogP contribution in [0.2, 0.25) is 0 Å². The number of halogens is 3. The van der Waals surface area contributed by atoms with Crippen molar-refractivity contribution in [1.82, 2.24) is 0 Å². The van der Waals surface area contributed by atoms with Crippen LogP contribution in [0.25, 0.3) is 0 Å². The second-order valence-electron chi connectivity index (χ2n) is 3.46. The zero-order chi connectivity index (χ0) is 12.2. The molecule has 0 bridgehead atoms. The van der Waals surface area contributed by atoms with Crippen LogP contribution in [0.3, 0.4) is 0 Å². The van der Waals surface area contributed by atoms with Gasteiger partial charge in [-0.05, 0) is 18.4 Å². The number of benzene rings is 1. The molecule has 88 valence electrons. The summed E-state index contributed by atoms with van der Waals surface area (Å²) in [5.41, 5.74) is 0.706. The Morgan fingerprint density at radius 1 is 1.25 bits per heavy atom. The van der Waals surface area contributed by atoms with E-state index in [9.17, 15) is 18.0 Å². The number of carboxylic acid groups (broad SMARTS) is 1. The largest absolute Gasteiger partial charge is 0.481 e. The Hall–Kier alpha value is -1.52. The van der Waals surface area contributed by atoms with Gasteiger partial charge in [-0.25, -0.2) is 0 Å². The van der Waals surface area contributed by atoms with Gasteiger partial charge >= 0.3 is 12.1 Å². The summed E-state index contributed by atoms with van der Waals surface area (Å²) in [6.45, 7) is 0. The van der Waals surface area contributed by atoms with Crippen molar-refractivity contribution in [1.29, 1.82) is 0 Å². The van der Waals surface area contributed by atoms with Crippen LogP contribution in [0.5, 0.6) is 0 Å². The molecule has 1 aromatic carbocycles. The molecule has 0 aliphatic heterocycles. The summed E-state index contributed by atoms with van der Waals surface area (Å²) in [5.74, 6) is -4.10. The number of hydrogen-bond acceptors (Lipinski definition) is 1. The van der Waals surface area contributed by atoms with Gasteiger partial charge in [0.1, 0.15) is 0 Å². The highest BCUT2D eigenvalue weighted by molar-refractivity contribution is 5.70. The maximum absolute atomic E-state index is 12.3. The van der Waals surface area contributed by atoms with Gasteiger partial charge in [-0.15, -0.1) is 0 Å². The molecule has 0 amide bonds. The van der Waals surface area contributed by atoms with Crippen molar-refractivity contribution in [2.45, 2.75) is 19.0 Å². The molecule has 0 fully saturated rings. The quantitative estimate of drug-likeness (QED) is 0.866. The molecule has 0 saturated heterocycles. The number of carbonyl (C=O) groups is 1. The maximum Gasteiger partial charge on any atom is 0.402 e. The fourth-order valence-electron chi connectivity index (χ4n) is 1.38. The van der Waals surface area contributed by atoms with Gasteiger partial charge in [0.2, 0.25) is 0 Å². The molecule has 0 aromatic heterocycles. The molecule has 0 aliphatic rings. The Morgan fingerprint density at radius 2 is 1.81 bits per heavy atom. The van der Waals surface area contributed by atoms with Crippen LogP contribution in [-0.2, 0) is 11.2 Å². The van der Waals surface area contributed by atoms with E-state index in [1.165, 1.54) is 0 Å². The Morgan fingerprint density at radius 3 is 2.25 bits per heavy atom. The first kappa shape index (κ1) is 12.5. The van der Waals surface area contributed by atoms with E-state index >= 15 is 0 Å². The number of aliphatic carboxylic acids is 1. The Balaban J connectivity index is 2.62. The molecule has 2 nitrogen and oxygen atoms in total. The molecular formula is C11H11F3O2. The van der Waals surface area contributed by atoms with Gasteiger partial charge in [-0.1, -0.05) is 30.3 Å². The average Bonchev–Trinajstić information content (AvgIpc) is 2.17. The van der Waals surface area contributed by atoms with Crippen molar-refractivity contribution in [2.75, 3.05) is 0 Å². The third-order valence-corrected chi connectivity index (χ3v) is 2.26. The first-order valence-electron chi connectivity index (χ1n) is 4.74. The van der Waals surface area contributed by atoms with Gasteiger partial charge in [0, 0.05) is 0 Å². The first-order chi connectivity index (χ1) is 7.41. The highest BCUT2D eigenvalue weighted by Crippen LogP contribution is 2.30. The Kier molecular flexibility index (Phi) is 3.93. The first-order valence-corrected chi connectivity index (χ1v) is 4.74. The minimum atomic E-state index is -4.68. The van der Waals surface area contributed by atoms with Crippen molar-refractivity contribution < 1.29 is 23.1 Å². The normalized spacial score (nSPS) is 13.4. The van der Waals surface area contributed by atoms with Crippen LogP contribution in [0.4, 0.5) is 13.2 Å². The average molecular weight is 232 g/mol. The van der Waals surface area contributed by atoms with E-state index in [-0.39, 0.29) is 6.42 Å². The zero-order valence-electron chi connectivity index (χ0n) is 8.37. The molecule has 1 atom stereocenters. The van der Waals surface area contributed by atoms with Crippen molar-refractivity contribution in [2.24, 2.45) is 5.92 Å². The molecule has 0 saturated carbocycles. The topological polar surface area (TPSA) is 37.3 Å². The van der Waals surface area contributed by atoms with Gasteiger partial charge in [0.15, 0.2) is 5.92 Å². The van der Waals surface area contributed by atoms with Crippen molar-refractivity contribution in [3.63, 3.8) is 0 Å². The van der Waals surface area contributed by atoms with Crippen molar-refractivity contribution in [3.8, 4) is 0 Å². The van der Waals surface area contributed by atoms with Gasteiger partial charge in [-0.3, -0.25) is 4.79 Å². The molecule has 0 spiro atoms. The van der Waals surface area contributed by atoms with Crippen molar-refractivity contribution in [3.05, 3.63) is 35.9 Å². The number of carboxylic acids is 1. The van der Waals surface area contributed by atoms with Gasteiger partial charge in [-0.2, -0.15) is 13.2 Å². The number of aryl methyl sites for hydroxylation is 1. The van der Waals surface area contributed by atoms with Gasteiger partial charge < -0.3 is 5.11 Å². The Bertz CT molecular complexity index is 346. The van der Waals surface area contributed by atoms with E-state index in [2.05, 4.69) is 0 Å². The van der Waals surface area contributed by atoms with Crippen LogP contribution in [-0.4, -0.2) is 17.3 Å². The lowest BCUT2D eigenvalue weighted by atomic mass is 9.99. The molecule has 1 N–H and O–H groups in total. The molecule has 0 aliphatic carbocycles. The standard InChI is InChI=1S/C11H11F3O2/c12-11(13,14)9(10(15)16)7-6-8-4-2-1-3-5-8/h1-5,9H,6-7H2,(H,15,16)/t9-/m1/s1. The van der Waals surface area contributed by atoms with Crippen LogP contribution in [0.15, 0.2) is 30.3 Å². The lowest BCUT2D eigenvalue weighted by molar-refractivity contribution is -0.194. The summed E-state index contributed by atoms with van der Waals surface area (Å²) in [5, 5.41) is 8.47. The zero-order valence-corrected chi connectivity index (χ0v) is 8.37. The van der Waals surface area contributed by atoms with Crippen molar-refractivity contribution >= 4 is 5.97 Å². The summed E-state index contributed by atoms with van der Waals surface area (Å²) in [7, 11) is 0. The SMILES string of the molecule is O=C(O)[C@@H](CCc1ccccc1)C(F)(F)F. The molecule has 0 unspecified atom stereocenters. The highest BCUT2D eigenvalue weighted by atomic mass is 19.4. The van der Waals surface area contributed by atoms with E-state index in [0.29, 0.717) is 5.56 Å². The van der Waals surface area contributed by atoms with E-state index < -0.39 is 24.5 Å². The molecular weight excluding hydrogens is 221 g/mol. The highest BCUT2D eigenvalue weighted by Gasteiger charge is 2.44. The summed E-state index contributed by atoms with van der Waals surface area (Å²) in [4.78, 5) is 10.4. The number of rotatable bonds is 4. The smallest absolute Gasteiger partial charge is 0.402 e. The van der Waals surface area contributed by atoms with E-state index in [4.69, 9.17) is 5.11 Å². The fourth-order valence-corrected chi connectivity index (χ4v) is 1.38. The maximum atomic E-state index is 12.3. The van der Waals surface area contributed by atoms with Crippen LogP contribution >= 0.6 is 0 Å². The summed E-state index contributed by atoms with van der Waals surface area (Å²) in [6, 6.07) is 8.52. The minimum absolute atomic E-state index is 0.108. The predicted molar refractivity (Wildman–Crippen MR) is 51.9 cm³/mol. The van der Waals surface area contributed by atoms with Crippen LogP contribution < -0.4 is 0 Å². The lowest BCUT2D eigenvalue weighted by Crippen LogP contribution is -2.30. The minimum Gasteiger partial charge on any atom is -0.481 e. The monoisotopic (exact) mass is 232 g/mol. The third-order valence-electron chi connectivity index (χ3n) is 2.26. The van der Waals surface area contributed by atoms with E-state index in [0.717, 1.165) is 0 Å². The van der Waals surface area contributed by atoms with Crippen LogP contribution in [0.1, 0.15) is 12.0 Å². The second-order valence-corrected chi connectivity index (χ2v) is 3.46. The van der Waals surface area contributed by atoms with E-state index in [1.54, 1.807) is 30.3 Å².